The number of amides is 1. The van der Waals surface area contributed by atoms with Crippen LogP contribution in [0.25, 0.3) is 0 Å². The Bertz CT molecular complexity index is 876. The lowest BCUT2D eigenvalue weighted by Crippen LogP contribution is -2.34. The molecule has 3 unspecified atom stereocenters. The van der Waals surface area contributed by atoms with Crippen LogP contribution in [0.4, 0.5) is 18.9 Å². The van der Waals surface area contributed by atoms with Crippen molar-refractivity contribution in [2.24, 2.45) is 0 Å². The second kappa shape index (κ2) is 8.73. The topological polar surface area (TPSA) is 69.6 Å². The molecule has 0 spiro atoms. The van der Waals surface area contributed by atoms with Gasteiger partial charge in [-0.1, -0.05) is 11.6 Å². The van der Waals surface area contributed by atoms with Crippen molar-refractivity contribution in [3.63, 3.8) is 0 Å². The van der Waals surface area contributed by atoms with E-state index in [1.165, 1.54) is 30.0 Å². The van der Waals surface area contributed by atoms with E-state index in [2.05, 4.69) is 5.32 Å². The minimum absolute atomic E-state index is 0.0227. The van der Waals surface area contributed by atoms with Crippen LogP contribution in [-0.4, -0.2) is 33.6 Å². The second-order valence-corrected chi connectivity index (χ2v) is 8.29. The van der Waals surface area contributed by atoms with Crippen LogP contribution in [0, 0.1) is 17.5 Å². The van der Waals surface area contributed by atoms with Crippen LogP contribution in [-0.2, 0) is 0 Å². The molecule has 0 bridgehead atoms. The van der Waals surface area contributed by atoms with Crippen molar-refractivity contribution in [3.05, 3.63) is 58.4 Å². The van der Waals surface area contributed by atoms with Gasteiger partial charge in [-0.05, 0) is 37.5 Å². The van der Waals surface area contributed by atoms with E-state index in [1.54, 1.807) is 0 Å². The van der Waals surface area contributed by atoms with Crippen LogP contribution in [0.3, 0.4) is 0 Å². The van der Waals surface area contributed by atoms with E-state index in [0.29, 0.717) is 41.3 Å². The fourth-order valence-electron chi connectivity index (χ4n) is 2.95. The molecule has 0 heterocycles. The first-order valence-electron chi connectivity index (χ1n) is 8.53. The third-order valence-corrected chi connectivity index (χ3v) is 6.26. The molecule has 0 saturated heterocycles. The Morgan fingerprint density at radius 3 is 2.39 bits per heavy atom. The minimum Gasteiger partial charge on any atom is -0.390 e. The smallest absolute Gasteiger partial charge is 0.255 e. The maximum atomic E-state index is 13.3. The number of halogens is 4. The van der Waals surface area contributed by atoms with Gasteiger partial charge >= 0.3 is 0 Å². The largest absolute Gasteiger partial charge is 0.390 e. The molecule has 2 aromatic rings. The monoisotopic (exact) mass is 431 g/mol. The maximum Gasteiger partial charge on any atom is 0.255 e. The molecule has 3 atom stereocenters. The molecule has 1 aliphatic carbocycles. The molecule has 1 amide bonds. The number of thioether (sulfide) groups is 1. The Kier molecular flexibility index (Phi) is 6.54. The number of carbonyl (C=O) groups excluding carboxylic acids is 1. The zero-order valence-corrected chi connectivity index (χ0v) is 16.0. The Morgan fingerprint density at radius 1 is 1.07 bits per heavy atom. The summed E-state index contributed by atoms with van der Waals surface area (Å²) in [4.78, 5) is 13.0. The summed E-state index contributed by atoms with van der Waals surface area (Å²) in [6.45, 7) is 0. The van der Waals surface area contributed by atoms with Crippen molar-refractivity contribution in [1.82, 2.24) is 0 Å². The Hall–Kier alpha value is -1.74. The van der Waals surface area contributed by atoms with Gasteiger partial charge in [-0.3, -0.25) is 4.79 Å². The van der Waals surface area contributed by atoms with Crippen LogP contribution >= 0.6 is 23.4 Å². The van der Waals surface area contributed by atoms with Crippen LogP contribution in [0.2, 0.25) is 5.02 Å². The summed E-state index contributed by atoms with van der Waals surface area (Å²) in [6.07, 6.45) is 0.00941. The SMILES string of the molecule is O=C(Nc1cc(F)c(F)c(F)c1)c1ccc(Cl)c(SC2CCC(O)C(O)C2)c1. The second-order valence-electron chi connectivity index (χ2n) is 6.54. The lowest BCUT2D eigenvalue weighted by Gasteiger charge is -2.29. The molecular formula is C19H17ClF3NO3S. The van der Waals surface area contributed by atoms with Crippen molar-refractivity contribution in [3.8, 4) is 0 Å². The summed E-state index contributed by atoms with van der Waals surface area (Å²) in [7, 11) is 0. The highest BCUT2D eigenvalue weighted by Crippen LogP contribution is 2.37. The van der Waals surface area contributed by atoms with E-state index >= 15 is 0 Å². The summed E-state index contributed by atoms with van der Waals surface area (Å²) in [5.41, 5.74) is -0.0108. The van der Waals surface area contributed by atoms with Gasteiger partial charge in [0.25, 0.3) is 5.91 Å². The van der Waals surface area contributed by atoms with Crippen LogP contribution in [0.15, 0.2) is 35.2 Å². The molecule has 28 heavy (non-hydrogen) atoms. The van der Waals surface area contributed by atoms with E-state index in [1.807, 2.05) is 0 Å². The average Bonchev–Trinajstić information content (AvgIpc) is 2.64. The van der Waals surface area contributed by atoms with Gasteiger partial charge in [0.2, 0.25) is 0 Å². The first-order valence-corrected chi connectivity index (χ1v) is 9.78. The number of rotatable bonds is 4. The number of carbonyl (C=O) groups is 1. The summed E-state index contributed by atoms with van der Waals surface area (Å²) >= 11 is 7.59. The summed E-state index contributed by atoms with van der Waals surface area (Å²) < 4.78 is 39.6. The van der Waals surface area contributed by atoms with E-state index in [4.69, 9.17) is 11.6 Å². The van der Waals surface area contributed by atoms with Crippen LogP contribution in [0.1, 0.15) is 29.6 Å². The summed E-state index contributed by atoms with van der Waals surface area (Å²) in [6, 6.07) is 5.90. The predicted octanol–water partition coefficient (Wildman–Crippen LogP) is 4.38. The van der Waals surface area contributed by atoms with Crippen molar-refractivity contribution in [2.45, 2.75) is 41.6 Å². The molecule has 3 N–H and O–H groups in total. The third-order valence-electron chi connectivity index (χ3n) is 4.46. The van der Waals surface area contributed by atoms with E-state index in [0.717, 1.165) is 0 Å². The van der Waals surface area contributed by atoms with Crippen molar-refractivity contribution in [1.29, 1.82) is 0 Å². The van der Waals surface area contributed by atoms with Gasteiger partial charge in [-0.25, -0.2) is 13.2 Å². The Labute approximate surface area is 168 Å². The Balaban J connectivity index is 1.74. The van der Waals surface area contributed by atoms with E-state index < -0.39 is 35.6 Å². The molecular weight excluding hydrogens is 415 g/mol. The number of nitrogens with one attached hydrogen (secondary N) is 1. The molecule has 9 heteroatoms. The van der Waals surface area contributed by atoms with Crippen LogP contribution < -0.4 is 5.32 Å². The minimum atomic E-state index is -1.61. The van der Waals surface area contributed by atoms with E-state index in [-0.39, 0.29) is 16.5 Å². The summed E-state index contributed by atoms with van der Waals surface area (Å²) in [5, 5.41) is 22.2. The molecule has 2 aromatic carbocycles. The first-order chi connectivity index (χ1) is 13.2. The van der Waals surface area contributed by atoms with Crippen molar-refractivity contribution >= 4 is 35.0 Å². The molecule has 0 radical (unpaired) electrons. The van der Waals surface area contributed by atoms with Gasteiger partial charge in [0.15, 0.2) is 17.5 Å². The number of aliphatic hydroxyl groups is 2. The van der Waals surface area contributed by atoms with Gasteiger partial charge < -0.3 is 15.5 Å². The van der Waals surface area contributed by atoms with Crippen LogP contribution in [0.5, 0.6) is 0 Å². The zero-order valence-electron chi connectivity index (χ0n) is 14.5. The molecule has 0 aliphatic heterocycles. The molecule has 4 nitrogen and oxygen atoms in total. The molecule has 150 valence electrons. The highest BCUT2D eigenvalue weighted by molar-refractivity contribution is 8.00. The first kappa shape index (κ1) is 21.0. The Morgan fingerprint density at radius 2 is 1.75 bits per heavy atom. The van der Waals surface area contributed by atoms with E-state index in [9.17, 15) is 28.2 Å². The summed E-state index contributed by atoms with van der Waals surface area (Å²) in [5.74, 6) is -5.05. The van der Waals surface area contributed by atoms with Gasteiger partial charge in [-0.15, -0.1) is 11.8 Å². The van der Waals surface area contributed by atoms with Gasteiger partial charge in [0.1, 0.15) is 0 Å². The van der Waals surface area contributed by atoms with Crippen molar-refractivity contribution in [2.75, 3.05) is 5.32 Å². The highest BCUT2D eigenvalue weighted by atomic mass is 35.5. The average molecular weight is 432 g/mol. The fourth-order valence-corrected chi connectivity index (χ4v) is 4.48. The predicted molar refractivity (Wildman–Crippen MR) is 101 cm³/mol. The third kappa shape index (κ3) is 4.81. The number of aliphatic hydroxyl groups excluding tert-OH is 2. The molecule has 3 rings (SSSR count). The number of hydrogen-bond donors (Lipinski definition) is 3. The number of anilines is 1. The number of hydrogen-bond acceptors (Lipinski definition) is 4. The van der Waals surface area contributed by atoms with Gasteiger partial charge in [0, 0.05) is 33.5 Å². The zero-order chi connectivity index (χ0) is 20.4. The molecule has 0 aromatic heterocycles. The van der Waals surface area contributed by atoms with Crippen molar-refractivity contribution < 1.29 is 28.2 Å². The quantitative estimate of drug-likeness (QED) is 0.628. The standard InChI is InChI=1S/C19H17ClF3NO3S/c20-12-3-1-9(5-17(12)28-11-2-4-15(25)16(26)8-11)19(27)24-10-6-13(21)18(23)14(22)7-10/h1,3,5-7,11,15-16,25-26H,2,4,8H2,(H,24,27). The lowest BCUT2D eigenvalue weighted by molar-refractivity contribution is -0.00677. The lowest BCUT2D eigenvalue weighted by atomic mass is 9.94. The molecule has 1 aliphatic rings. The molecule has 1 fully saturated rings. The normalized spacial score (nSPS) is 22.1. The maximum absolute atomic E-state index is 13.3. The highest BCUT2D eigenvalue weighted by Gasteiger charge is 2.28. The van der Waals surface area contributed by atoms with Gasteiger partial charge in [0.05, 0.1) is 17.2 Å². The van der Waals surface area contributed by atoms with Gasteiger partial charge in [-0.2, -0.15) is 0 Å². The number of benzene rings is 2. The molecule has 1 saturated carbocycles. The fraction of sp³-hybridized carbons (Fsp3) is 0.316.